The minimum atomic E-state index is -1.29. The van der Waals surface area contributed by atoms with Gasteiger partial charge in [-0.1, -0.05) is 35.9 Å². The fourth-order valence-corrected chi connectivity index (χ4v) is 2.27. The van der Waals surface area contributed by atoms with Gasteiger partial charge in [0.05, 0.1) is 6.54 Å². The molecule has 0 saturated carbocycles. The van der Waals surface area contributed by atoms with Crippen LogP contribution >= 0.6 is 11.6 Å². The predicted octanol–water partition coefficient (Wildman–Crippen LogP) is 3.19. The SMILES string of the molecule is CC(O)(CNC(=O)NCc1cccc(Cl)c1)c1ccc(F)cc1. The molecule has 2 aromatic rings. The highest BCUT2D eigenvalue weighted by atomic mass is 35.5. The maximum absolute atomic E-state index is 12.9. The van der Waals surface area contributed by atoms with Gasteiger partial charge in [0, 0.05) is 11.6 Å². The number of carbonyl (C=O) groups is 1. The highest BCUT2D eigenvalue weighted by Crippen LogP contribution is 2.19. The van der Waals surface area contributed by atoms with Gasteiger partial charge in [-0.3, -0.25) is 0 Å². The standard InChI is InChI=1S/C17H18ClFN2O2/c1-17(23,13-5-7-15(19)8-6-13)11-21-16(22)20-10-12-3-2-4-14(18)9-12/h2-9,23H,10-11H2,1H3,(H2,20,21,22). The Morgan fingerprint density at radius 2 is 1.91 bits per heavy atom. The third-order valence-corrected chi connectivity index (χ3v) is 3.64. The molecule has 0 aliphatic carbocycles. The summed E-state index contributed by atoms with van der Waals surface area (Å²) in [5.41, 5.74) is 0.105. The molecule has 2 rings (SSSR count). The molecule has 0 saturated heterocycles. The van der Waals surface area contributed by atoms with E-state index in [1.54, 1.807) is 25.1 Å². The number of hydrogen-bond acceptors (Lipinski definition) is 2. The van der Waals surface area contributed by atoms with Crippen LogP contribution in [0.1, 0.15) is 18.1 Å². The van der Waals surface area contributed by atoms with Crippen molar-refractivity contribution in [1.82, 2.24) is 10.6 Å². The van der Waals surface area contributed by atoms with Crippen LogP contribution in [0, 0.1) is 5.82 Å². The second kappa shape index (κ2) is 7.44. The molecular formula is C17H18ClFN2O2. The van der Waals surface area contributed by atoms with Crippen molar-refractivity contribution in [3.05, 3.63) is 70.5 Å². The van der Waals surface area contributed by atoms with Gasteiger partial charge in [-0.2, -0.15) is 0 Å². The van der Waals surface area contributed by atoms with Gasteiger partial charge in [-0.15, -0.1) is 0 Å². The first-order valence-corrected chi connectivity index (χ1v) is 7.49. The van der Waals surface area contributed by atoms with Gasteiger partial charge in [0.25, 0.3) is 0 Å². The van der Waals surface area contributed by atoms with Crippen molar-refractivity contribution in [2.75, 3.05) is 6.54 Å². The van der Waals surface area contributed by atoms with Gasteiger partial charge in [0.2, 0.25) is 0 Å². The monoisotopic (exact) mass is 336 g/mol. The van der Waals surface area contributed by atoms with Crippen molar-refractivity contribution in [3.8, 4) is 0 Å². The highest BCUT2D eigenvalue weighted by molar-refractivity contribution is 6.30. The van der Waals surface area contributed by atoms with Crippen LogP contribution in [-0.4, -0.2) is 17.7 Å². The van der Waals surface area contributed by atoms with Crippen molar-refractivity contribution in [2.24, 2.45) is 0 Å². The second-order valence-electron chi connectivity index (χ2n) is 5.45. The summed E-state index contributed by atoms with van der Waals surface area (Å²) in [6.07, 6.45) is 0. The number of hydrogen-bond donors (Lipinski definition) is 3. The second-order valence-corrected chi connectivity index (χ2v) is 5.88. The van der Waals surface area contributed by atoms with Gasteiger partial charge in [-0.05, 0) is 42.3 Å². The van der Waals surface area contributed by atoms with Crippen LogP contribution in [0.15, 0.2) is 48.5 Å². The minimum Gasteiger partial charge on any atom is -0.384 e. The molecule has 6 heteroatoms. The lowest BCUT2D eigenvalue weighted by Crippen LogP contribution is -2.43. The van der Waals surface area contributed by atoms with Crippen LogP contribution < -0.4 is 10.6 Å². The Hall–Kier alpha value is -2.11. The third-order valence-electron chi connectivity index (χ3n) is 3.40. The van der Waals surface area contributed by atoms with E-state index in [0.29, 0.717) is 17.1 Å². The molecule has 0 spiro atoms. The highest BCUT2D eigenvalue weighted by Gasteiger charge is 2.23. The van der Waals surface area contributed by atoms with Crippen molar-refractivity contribution < 1.29 is 14.3 Å². The van der Waals surface area contributed by atoms with Crippen molar-refractivity contribution in [3.63, 3.8) is 0 Å². The number of nitrogens with one attached hydrogen (secondary N) is 2. The lowest BCUT2D eigenvalue weighted by Gasteiger charge is -2.24. The fraction of sp³-hybridized carbons (Fsp3) is 0.235. The van der Waals surface area contributed by atoms with E-state index in [4.69, 9.17) is 11.6 Å². The first kappa shape index (κ1) is 17.2. The summed E-state index contributed by atoms with van der Waals surface area (Å²) in [6.45, 7) is 1.88. The summed E-state index contributed by atoms with van der Waals surface area (Å²) in [5, 5.41) is 16.2. The van der Waals surface area contributed by atoms with E-state index >= 15 is 0 Å². The van der Waals surface area contributed by atoms with Crippen LogP contribution in [0.25, 0.3) is 0 Å². The van der Waals surface area contributed by atoms with E-state index in [1.807, 2.05) is 6.07 Å². The van der Waals surface area contributed by atoms with Crippen molar-refractivity contribution >= 4 is 17.6 Å². The summed E-state index contributed by atoms with van der Waals surface area (Å²) in [4.78, 5) is 11.8. The molecule has 0 aliphatic heterocycles. The minimum absolute atomic E-state index is 0.0000115. The quantitative estimate of drug-likeness (QED) is 0.785. The molecule has 0 fully saturated rings. The summed E-state index contributed by atoms with van der Waals surface area (Å²) >= 11 is 5.87. The van der Waals surface area contributed by atoms with Crippen LogP contribution in [0.3, 0.4) is 0 Å². The maximum atomic E-state index is 12.9. The maximum Gasteiger partial charge on any atom is 0.315 e. The Morgan fingerprint density at radius 3 is 2.57 bits per heavy atom. The smallest absolute Gasteiger partial charge is 0.315 e. The summed E-state index contributed by atoms with van der Waals surface area (Å²) in [7, 11) is 0. The van der Waals surface area contributed by atoms with E-state index in [2.05, 4.69) is 10.6 Å². The molecule has 2 amide bonds. The number of aliphatic hydroxyl groups is 1. The zero-order valence-electron chi connectivity index (χ0n) is 12.6. The average Bonchev–Trinajstić information content (AvgIpc) is 2.51. The summed E-state index contributed by atoms with van der Waals surface area (Å²) in [5.74, 6) is -0.378. The Labute approximate surface area is 139 Å². The number of benzene rings is 2. The van der Waals surface area contributed by atoms with Crippen LogP contribution in [0.5, 0.6) is 0 Å². The normalized spacial score (nSPS) is 13.2. The lowest BCUT2D eigenvalue weighted by atomic mass is 9.96. The fourth-order valence-electron chi connectivity index (χ4n) is 2.06. The number of rotatable bonds is 5. The molecule has 1 atom stereocenters. The predicted molar refractivity (Wildman–Crippen MR) is 87.7 cm³/mol. The van der Waals surface area contributed by atoms with E-state index in [1.165, 1.54) is 24.3 Å². The number of urea groups is 1. The van der Waals surface area contributed by atoms with Gasteiger partial charge < -0.3 is 15.7 Å². The van der Waals surface area contributed by atoms with Gasteiger partial charge >= 0.3 is 6.03 Å². The molecule has 0 bridgehead atoms. The molecular weight excluding hydrogens is 319 g/mol. The van der Waals surface area contributed by atoms with E-state index in [0.717, 1.165) is 5.56 Å². The van der Waals surface area contributed by atoms with Crippen LogP contribution in [-0.2, 0) is 12.1 Å². The van der Waals surface area contributed by atoms with E-state index < -0.39 is 11.6 Å². The molecule has 0 heterocycles. The molecule has 0 aliphatic rings. The molecule has 122 valence electrons. The summed E-state index contributed by atoms with van der Waals surface area (Å²) in [6, 6.07) is 12.3. The van der Waals surface area contributed by atoms with Crippen molar-refractivity contribution in [1.29, 1.82) is 0 Å². The molecule has 0 aromatic heterocycles. The Kier molecular flexibility index (Phi) is 5.58. The first-order chi connectivity index (χ1) is 10.9. The Balaban J connectivity index is 1.84. The van der Waals surface area contributed by atoms with E-state index in [-0.39, 0.29) is 12.4 Å². The van der Waals surface area contributed by atoms with Gasteiger partial charge in [0.15, 0.2) is 0 Å². The lowest BCUT2D eigenvalue weighted by molar-refractivity contribution is 0.0593. The third kappa shape index (κ3) is 5.23. The molecule has 1 unspecified atom stereocenters. The molecule has 4 nitrogen and oxygen atoms in total. The number of amides is 2. The zero-order valence-corrected chi connectivity index (χ0v) is 13.4. The molecule has 3 N–H and O–H groups in total. The molecule has 0 radical (unpaired) electrons. The largest absolute Gasteiger partial charge is 0.384 e. The summed E-state index contributed by atoms with van der Waals surface area (Å²) < 4.78 is 12.9. The van der Waals surface area contributed by atoms with Crippen molar-refractivity contribution in [2.45, 2.75) is 19.1 Å². The number of carbonyl (C=O) groups excluding carboxylic acids is 1. The zero-order chi connectivity index (χ0) is 16.9. The van der Waals surface area contributed by atoms with Gasteiger partial charge in [-0.25, -0.2) is 9.18 Å². The Bertz CT molecular complexity index is 675. The average molecular weight is 337 g/mol. The topological polar surface area (TPSA) is 61.4 Å². The van der Waals surface area contributed by atoms with Gasteiger partial charge in [0.1, 0.15) is 11.4 Å². The van der Waals surface area contributed by atoms with Crippen LogP contribution in [0.4, 0.5) is 9.18 Å². The first-order valence-electron chi connectivity index (χ1n) is 7.11. The molecule has 2 aromatic carbocycles. The van der Waals surface area contributed by atoms with E-state index in [9.17, 15) is 14.3 Å². The number of halogens is 2. The molecule has 23 heavy (non-hydrogen) atoms. The van der Waals surface area contributed by atoms with Crippen LogP contribution in [0.2, 0.25) is 5.02 Å². The Morgan fingerprint density at radius 1 is 1.22 bits per heavy atom.